The second kappa shape index (κ2) is 4.67. The second-order valence-electron chi connectivity index (χ2n) is 5.12. The summed E-state index contributed by atoms with van der Waals surface area (Å²) in [6.07, 6.45) is 3.37. The van der Waals surface area contributed by atoms with Crippen LogP contribution in [0.3, 0.4) is 0 Å². The largest absolute Gasteiger partial charge is 0.328 e. The van der Waals surface area contributed by atoms with Crippen molar-refractivity contribution in [3.8, 4) is 0 Å². The topological polar surface area (TPSA) is 43.8 Å². The lowest BCUT2D eigenvalue weighted by Gasteiger charge is -2.11. The fourth-order valence-electron chi connectivity index (χ4n) is 3.02. The van der Waals surface area contributed by atoms with E-state index >= 15 is 0 Å². The van der Waals surface area contributed by atoms with Gasteiger partial charge in [0, 0.05) is 23.0 Å². The Balaban J connectivity index is 2.10. The molecule has 2 aromatic rings. The van der Waals surface area contributed by atoms with Gasteiger partial charge in [-0.2, -0.15) is 0 Å². The van der Waals surface area contributed by atoms with Crippen LogP contribution in [-0.4, -0.2) is 15.6 Å². The zero-order valence-corrected chi connectivity index (χ0v) is 12.2. The number of aromatic nitrogens is 2. The van der Waals surface area contributed by atoms with Gasteiger partial charge in [0.25, 0.3) is 0 Å². The molecule has 0 radical (unpaired) electrons. The summed E-state index contributed by atoms with van der Waals surface area (Å²) in [7, 11) is 0. The first-order chi connectivity index (χ1) is 8.69. The first-order valence-electron chi connectivity index (χ1n) is 6.60. The fourth-order valence-corrected chi connectivity index (χ4v) is 3.37. The van der Waals surface area contributed by atoms with Gasteiger partial charge < -0.3 is 10.3 Å². The molecule has 1 aliphatic rings. The average molecular weight is 308 g/mol. The SMILES string of the molecule is CCn1c(C2CCC(N)C2)nc2cc(Br)ccc21. The third-order valence-electron chi connectivity index (χ3n) is 3.89. The summed E-state index contributed by atoms with van der Waals surface area (Å²) in [5, 5.41) is 0. The van der Waals surface area contributed by atoms with Gasteiger partial charge in [-0.05, 0) is 44.4 Å². The maximum absolute atomic E-state index is 6.03. The van der Waals surface area contributed by atoms with E-state index in [4.69, 9.17) is 10.7 Å². The third-order valence-corrected chi connectivity index (χ3v) is 4.39. The molecule has 1 saturated carbocycles. The van der Waals surface area contributed by atoms with Crippen LogP contribution in [0.1, 0.15) is 37.9 Å². The number of imidazole rings is 1. The highest BCUT2D eigenvalue weighted by molar-refractivity contribution is 9.10. The van der Waals surface area contributed by atoms with Crippen LogP contribution in [0.15, 0.2) is 22.7 Å². The van der Waals surface area contributed by atoms with E-state index in [9.17, 15) is 0 Å². The highest BCUT2D eigenvalue weighted by atomic mass is 79.9. The Hall–Kier alpha value is -0.870. The Morgan fingerprint density at radius 1 is 1.44 bits per heavy atom. The minimum atomic E-state index is 0.354. The molecule has 0 amide bonds. The van der Waals surface area contributed by atoms with E-state index in [0.29, 0.717) is 12.0 Å². The van der Waals surface area contributed by atoms with E-state index in [-0.39, 0.29) is 0 Å². The van der Waals surface area contributed by atoms with E-state index < -0.39 is 0 Å². The smallest absolute Gasteiger partial charge is 0.113 e. The maximum atomic E-state index is 6.03. The van der Waals surface area contributed by atoms with Gasteiger partial charge in [-0.15, -0.1) is 0 Å². The number of hydrogen-bond acceptors (Lipinski definition) is 2. The van der Waals surface area contributed by atoms with E-state index in [1.165, 1.54) is 17.8 Å². The van der Waals surface area contributed by atoms with Gasteiger partial charge in [0.15, 0.2) is 0 Å². The summed E-state index contributed by atoms with van der Waals surface area (Å²) >= 11 is 3.51. The maximum Gasteiger partial charge on any atom is 0.113 e. The number of nitrogens with zero attached hydrogens (tertiary/aromatic N) is 2. The van der Waals surface area contributed by atoms with E-state index in [1.807, 2.05) is 0 Å². The Labute approximate surface area is 116 Å². The van der Waals surface area contributed by atoms with Crippen LogP contribution in [0, 0.1) is 0 Å². The summed E-state index contributed by atoms with van der Waals surface area (Å²) in [6, 6.07) is 6.68. The van der Waals surface area contributed by atoms with Gasteiger partial charge in [-0.3, -0.25) is 0 Å². The van der Waals surface area contributed by atoms with Gasteiger partial charge in [-0.25, -0.2) is 4.98 Å². The Kier molecular flexibility index (Phi) is 3.16. The summed E-state index contributed by atoms with van der Waals surface area (Å²) < 4.78 is 3.43. The molecule has 18 heavy (non-hydrogen) atoms. The third kappa shape index (κ3) is 1.97. The van der Waals surface area contributed by atoms with Gasteiger partial charge in [-0.1, -0.05) is 15.9 Å². The fraction of sp³-hybridized carbons (Fsp3) is 0.500. The molecule has 1 aromatic heterocycles. The van der Waals surface area contributed by atoms with Gasteiger partial charge in [0.05, 0.1) is 11.0 Å². The zero-order chi connectivity index (χ0) is 12.7. The molecular formula is C14H18BrN3. The van der Waals surface area contributed by atoms with Crippen LogP contribution in [0.25, 0.3) is 11.0 Å². The molecule has 2 unspecified atom stereocenters. The lowest BCUT2D eigenvalue weighted by atomic mass is 10.1. The molecule has 4 heteroatoms. The lowest BCUT2D eigenvalue weighted by molar-refractivity contribution is 0.598. The van der Waals surface area contributed by atoms with Crippen LogP contribution < -0.4 is 5.73 Å². The molecule has 0 saturated heterocycles. The number of fused-ring (bicyclic) bond motifs is 1. The summed E-state index contributed by atoms with van der Waals surface area (Å²) in [6.45, 7) is 3.15. The van der Waals surface area contributed by atoms with Crippen molar-refractivity contribution in [1.82, 2.24) is 9.55 Å². The van der Waals surface area contributed by atoms with E-state index in [0.717, 1.165) is 29.4 Å². The number of aryl methyl sites for hydroxylation is 1. The van der Waals surface area contributed by atoms with Crippen molar-refractivity contribution in [3.63, 3.8) is 0 Å². The molecule has 1 aromatic carbocycles. The average Bonchev–Trinajstić information content (AvgIpc) is 2.91. The normalized spacial score (nSPS) is 23.9. The van der Waals surface area contributed by atoms with Crippen LogP contribution in [0.4, 0.5) is 0 Å². The summed E-state index contributed by atoms with van der Waals surface area (Å²) in [5.41, 5.74) is 8.35. The van der Waals surface area contributed by atoms with Crippen molar-refractivity contribution < 1.29 is 0 Å². The Bertz CT molecular complexity index is 576. The molecule has 1 aliphatic carbocycles. The lowest BCUT2D eigenvalue weighted by Crippen LogP contribution is -2.15. The summed E-state index contributed by atoms with van der Waals surface area (Å²) in [4.78, 5) is 4.84. The van der Waals surface area contributed by atoms with Crippen molar-refractivity contribution in [2.45, 2.75) is 44.7 Å². The molecule has 0 spiro atoms. The summed E-state index contributed by atoms with van der Waals surface area (Å²) in [5.74, 6) is 1.75. The highest BCUT2D eigenvalue weighted by Crippen LogP contribution is 2.35. The number of halogens is 1. The predicted octanol–water partition coefficient (Wildman–Crippen LogP) is 3.41. The molecule has 3 nitrogen and oxygen atoms in total. The van der Waals surface area contributed by atoms with Crippen molar-refractivity contribution >= 4 is 27.0 Å². The first-order valence-corrected chi connectivity index (χ1v) is 7.39. The number of benzene rings is 1. The van der Waals surface area contributed by atoms with Crippen LogP contribution in [-0.2, 0) is 6.54 Å². The van der Waals surface area contributed by atoms with Crippen LogP contribution in [0.5, 0.6) is 0 Å². The van der Waals surface area contributed by atoms with Crippen molar-refractivity contribution in [1.29, 1.82) is 0 Å². The minimum Gasteiger partial charge on any atom is -0.328 e. The minimum absolute atomic E-state index is 0.354. The van der Waals surface area contributed by atoms with E-state index in [1.54, 1.807) is 0 Å². The van der Waals surface area contributed by atoms with Crippen molar-refractivity contribution in [3.05, 3.63) is 28.5 Å². The molecule has 96 valence electrons. The molecule has 2 N–H and O–H groups in total. The van der Waals surface area contributed by atoms with E-state index in [2.05, 4.69) is 45.6 Å². The van der Waals surface area contributed by atoms with Crippen LogP contribution >= 0.6 is 15.9 Å². The number of nitrogens with two attached hydrogens (primary N) is 1. The molecule has 2 atom stereocenters. The molecule has 1 heterocycles. The Morgan fingerprint density at radius 2 is 2.28 bits per heavy atom. The second-order valence-corrected chi connectivity index (χ2v) is 6.03. The van der Waals surface area contributed by atoms with Crippen molar-refractivity contribution in [2.24, 2.45) is 5.73 Å². The van der Waals surface area contributed by atoms with Crippen LogP contribution in [0.2, 0.25) is 0 Å². The van der Waals surface area contributed by atoms with Gasteiger partial charge >= 0.3 is 0 Å². The highest BCUT2D eigenvalue weighted by Gasteiger charge is 2.27. The Morgan fingerprint density at radius 3 is 2.94 bits per heavy atom. The molecule has 0 bridgehead atoms. The molecule has 3 rings (SSSR count). The zero-order valence-electron chi connectivity index (χ0n) is 10.6. The van der Waals surface area contributed by atoms with Gasteiger partial charge in [0.1, 0.15) is 5.82 Å². The molecular weight excluding hydrogens is 290 g/mol. The predicted molar refractivity (Wildman–Crippen MR) is 77.7 cm³/mol. The first kappa shape index (κ1) is 12.2. The van der Waals surface area contributed by atoms with Crippen molar-refractivity contribution in [2.75, 3.05) is 0 Å². The van der Waals surface area contributed by atoms with Gasteiger partial charge in [0.2, 0.25) is 0 Å². The molecule has 0 aliphatic heterocycles. The molecule has 1 fully saturated rings. The monoisotopic (exact) mass is 307 g/mol. The number of hydrogen-bond donors (Lipinski definition) is 1. The quantitative estimate of drug-likeness (QED) is 0.924. The standard InChI is InChI=1S/C14H18BrN3/c1-2-18-13-6-4-10(15)8-12(13)17-14(18)9-3-5-11(16)7-9/h4,6,8-9,11H,2-3,5,7,16H2,1H3. The number of rotatable bonds is 2.